The van der Waals surface area contributed by atoms with Gasteiger partial charge in [-0.1, -0.05) is 12.1 Å². The smallest absolute Gasteiger partial charge is 0.202 e. The molecule has 0 spiro atoms. The van der Waals surface area contributed by atoms with Crippen molar-refractivity contribution in [3.05, 3.63) is 52.1 Å². The fourth-order valence-corrected chi connectivity index (χ4v) is 2.51. The molecule has 0 saturated carbocycles. The number of carbonyl (C=O) groups is 2. The van der Waals surface area contributed by atoms with Crippen LogP contribution in [0.4, 0.5) is 0 Å². The van der Waals surface area contributed by atoms with Gasteiger partial charge >= 0.3 is 0 Å². The Balaban J connectivity index is 2.41. The van der Waals surface area contributed by atoms with Crippen molar-refractivity contribution in [2.75, 3.05) is 0 Å². The fourth-order valence-electron chi connectivity index (χ4n) is 2.51. The van der Waals surface area contributed by atoms with E-state index in [0.717, 1.165) is 6.07 Å². The van der Waals surface area contributed by atoms with Crippen molar-refractivity contribution in [3.8, 4) is 17.2 Å². The van der Waals surface area contributed by atoms with Gasteiger partial charge in [0, 0.05) is 11.1 Å². The Bertz CT molecular complexity index is 806. The molecule has 21 heavy (non-hydrogen) atoms. The van der Waals surface area contributed by atoms with Gasteiger partial charge in [0.15, 0.2) is 5.78 Å². The summed E-state index contributed by atoms with van der Waals surface area (Å²) in [6.07, 6.45) is 0. The molecule has 0 radical (unpaired) electrons. The Morgan fingerprint density at radius 2 is 1.57 bits per heavy atom. The Kier molecular flexibility index (Phi) is 2.70. The number of hydrogen-bond acceptors (Lipinski definition) is 6. The van der Waals surface area contributed by atoms with Gasteiger partial charge in [0.1, 0.15) is 17.2 Å². The van der Waals surface area contributed by atoms with E-state index in [1.165, 1.54) is 18.2 Å². The Labute approximate surface area is 118 Å². The summed E-state index contributed by atoms with van der Waals surface area (Å²) in [5, 5.41) is 38.9. The number of carbonyl (C=O) groups excluding carboxylic acids is 2. The van der Waals surface area contributed by atoms with Crippen molar-refractivity contribution in [2.45, 2.75) is 6.61 Å². The summed E-state index contributed by atoms with van der Waals surface area (Å²) in [6.45, 7) is -0.609. The fraction of sp³-hybridized carbons (Fsp3) is 0.0667. The molecule has 0 atom stereocenters. The van der Waals surface area contributed by atoms with Crippen LogP contribution in [0.25, 0.3) is 0 Å². The van der Waals surface area contributed by atoms with Crippen molar-refractivity contribution in [2.24, 2.45) is 0 Å². The molecule has 1 aliphatic carbocycles. The van der Waals surface area contributed by atoms with Gasteiger partial charge in [0.25, 0.3) is 0 Å². The van der Waals surface area contributed by atoms with Crippen molar-refractivity contribution >= 4 is 11.6 Å². The first-order valence-corrected chi connectivity index (χ1v) is 6.07. The van der Waals surface area contributed by atoms with E-state index in [1.54, 1.807) is 0 Å². The maximum Gasteiger partial charge on any atom is 0.202 e. The van der Waals surface area contributed by atoms with Crippen LogP contribution in [0, 0.1) is 0 Å². The number of ketones is 2. The highest BCUT2D eigenvalue weighted by atomic mass is 16.3. The van der Waals surface area contributed by atoms with E-state index >= 15 is 0 Å². The van der Waals surface area contributed by atoms with Crippen LogP contribution in [-0.4, -0.2) is 32.0 Å². The summed E-state index contributed by atoms with van der Waals surface area (Å²) in [5.41, 5.74) is -1.07. The lowest BCUT2D eigenvalue weighted by Crippen LogP contribution is -2.21. The van der Waals surface area contributed by atoms with E-state index in [1.807, 2.05) is 0 Å². The lowest BCUT2D eigenvalue weighted by molar-refractivity contribution is 0.0971. The number of rotatable bonds is 1. The molecule has 0 bridgehead atoms. The Morgan fingerprint density at radius 1 is 0.857 bits per heavy atom. The van der Waals surface area contributed by atoms with Crippen LogP contribution in [0.5, 0.6) is 17.2 Å². The molecular formula is C15H10O6. The maximum absolute atomic E-state index is 12.5. The minimum atomic E-state index is -0.777. The molecule has 3 rings (SSSR count). The molecule has 0 amide bonds. The topological polar surface area (TPSA) is 115 Å². The second kappa shape index (κ2) is 4.32. The highest BCUT2D eigenvalue weighted by Gasteiger charge is 2.37. The van der Waals surface area contributed by atoms with Crippen molar-refractivity contribution in [1.82, 2.24) is 0 Å². The van der Waals surface area contributed by atoms with Crippen molar-refractivity contribution in [1.29, 1.82) is 0 Å². The molecule has 0 aromatic heterocycles. The van der Waals surface area contributed by atoms with Crippen LogP contribution in [-0.2, 0) is 6.61 Å². The van der Waals surface area contributed by atoms with Gasteiger partial charge in [0.2, 0.25) is 5.78 Å². The predicted octanol–water partition coefficient (Wildman–Crippen LogP) is 1.07. The monoisotopic (exact) mass is 286 g/mol. The van der Waals surface area contributed by atoms with E-state index in [4.69, 9.17) is 5.11 Å². The van der Waals surface area contributed by atoms with Crippen LogP contribution in [0.2, 0.25) is 0 Å². The van der Waals surface area contributed by atoms with Crippen LogP contribution < -0.4 is 0 Å². The summed E-state index contributed by atoms with van der Waals surface area (Å²) in [4.78, 5) is 24.8. The first-order chi connectivity index (χ1) is 9.97. The van der Waals surface area contributed by atoms with Gasteiger partial charge in [-0.25, -0.2) is 0 Å². The number of benzene rings is 2. The van der Waals surface area contributed by atoms with Gasteiger partial charge in [-0.05, 0) is 12.1 Å². The quantitative estimate of drug-likeness (QED) is 0.497. The summed E-state index contributed by atoms with van der Waals surface area (Å²) < 4.78 is 0. The molecule has 6 heteroatoms. The molecule has 0 saturated heterocycles. The summed E-state index contributed by atoms with van der Waals surface area (Å²) >= 11 is 0. The third-order valence-corrected chi connectivity index (χ3v) is 3.50. The van der Waals surface area contributed by atoms with Crippen LogP contribution in [0.1, 0.15) is 37.4 Å². The van der Waals surface area contributed by atoms with Crippen LogP contribution in [0.3, 0.4) is 0 Å². The molecule has 4 N–H and O–H groups in total. The van der Waals surface area contributed by atoms with Crippen LogP contribution >= 0.6 is 0 Å². The van der Waals surface area contributed by atoms with Crippen molar-refractivity contribution in [3.63, 3.8) is 0 Å². The average molecular weight is 286 g/mol. The van der Waals surface area contributed by atoms with E-state index in [-0.39, 0.29) is 28.0 Å². The third kappa shape index (κ3) is 1.63. The highest BCUT2D eigenvalue weighted by molar-refractivity contribution is 6.31. The predicted molar refractivity (Wildman–Crippen MR) is 70.7 cm³/mol. The lowest BCUT2D eigenvalue weighted by Gasteiger charge is -2.21. The standard InChI is InChI=1S/C15H10O6/c16-5-6-4-9(18)11-12(13(6)19)15(21)10-7(14(11)20)2-1-3-8(10)17/h1-4,16-19H,5H2. The summed E-state index contributed by atoms with van der Waals surface area (Å²) in [7, 11) is 0. The number of aromatic hydroxyl groups is 3. The summed E-state index contributed by atoms with van der Waals surface area (Å²) in [6, 6.07) is 5.05. The lowest BCUT2D eigenvalue weighted by atomic mass is 9.81. The number of phenolic OH excluding ortho intramolecular Hbond substituents is 2. The first kappa shape index (κ1) is 13.1. The molecule has 1 aliphatic rings. The third-order valence-electron chi connectivity index (χ3n) is 3.50. The van der Waals surface area contributed by atoms with E-state index in [0.29, 0.717) is 0 Å². The highest BCUT2D eigenvalue weighted by Crippen LogP contribution is 2.41. The minimum absolute atomic E-state index is 0.0426. The second-order valence-electron chi connectivity index (χ2n) is 4.67. The SMILES string of the molecule is O=C1c2cccc(O)c2C(=O)c2c(O)c(CO)cc(O)c21. The molecule has 0 aliphatic heterocycles. The molecule has 6 nitrogen and oxygen atoms in total. The maximum atomic E-state index is 12.5. The normalized spacial score (nSPS) is 13.0. The van der Waals surface area contributed by atoms with Gasteiger partial charge in [0.05, 0.1) is 23.3 Å². The first-order valence-electron chi connectivity index (χ1n) is 6.07. The molecule has 0 fully saturated rings. The average Bonchev–Trinajstić information content (AvgIpc) is 2.46. The molecule has 2 aromatic carbocycles. The number of fused-ring (bicyclic) bond motifs is 2. The summed E-state index contributed by atoms with van der Waals surface area (Å²) in [5.74, 6) is -2.91. The second-order valence-corrected chi connectivity index (χ2v) is 4.67. The zero-order chi connectivity index (χ0) is 15.3. The molecule has 2 aromatic rings. The van der Waals surface area contributed by atoms with E-state index in [2.05, 4.69) is 0 Å². The zero-order valence-corrected chi connectivity index (χ0v) is 10.6. The number of phenols is 3. The Hall–Kier alpha value is -2.86. The number of hydrogen-bond donors (Lipinski definition) is 4. The Morgan fingerprint density at radius 3 is 2.24 bits per heavy atom. The van der Waals surface area contributed by atoms with Crippen LogP contribution in [0.15, 0.2) is 24.3 Å². The molecule has 0 heterocycles. The van der Waals surface area contributed by atoms with Gasteiger partial charge in [-0.2, -0.15) is 0 Å². The number of aliphatic hydroxyl groups excluding tert-OH is 1. The molecule has 106 valence electrons. The zero-order valence-electron chi connectivity index (χ0n) is 10.6. The van der Waals surface area contributed by atoms with Crippen molar-refractivity contribution < 1.29 is 30.0 Å². The van der Waals surface area contributed by atoms with Gasteiger partial charge < -0.3 is 20.4 Å². The molecule has 0 unspecified atom stereocenters. The minimum Gasteiger partial charge on any atom is -0.507 e. The largest absolute Gasteiger partial charge is 0.507 e. The molecular weight excluding hydrogens is 276 g/mol. The van der Waals surface area contributed by atoms with Gasteiger partial charge in [-0.3, -0.25) is 9.59 Å². The number of aliphatic hydroxyl groups is 1. The van der Waals surface area contributed by atoms with Gasteiger partial charge in [-0.15, -0.1) is 0 Å². The van der Waals surface area contributed by atoms with E-state index < -0.39 is 35.2 Å². The van der Waals surface area contributed by atoms with E-state index in [9.17, 15) is 24.9 Å².